The van der Waals surface area contributed by atoms with Gasteiger partial charge in [0.1, 0.15) is 0 Å². The minimum absolute atomic E-state index is 0.122. The number of benzene rings is 2. The lowest BCUT2D eigenvalue weighted by molar-refractivity contribution is -0.139. The second-order valence-corrected chi connectivity index (χ2v) is 7.58. The van der Waals surface area contributed by atoms with Crippen molar-refractivity contribution < 1.29 is 14.4 Å². The Morgan fingerprint density at radius 3 is 2.45 bits per heavy atom. The molecule has 1 aliphatic rings. The second-order valence-electron chi connectivity index (χ2n) is 7.58. The molecule has 0 radical (unpaired) electrons. The monoisotopic (exact) mass is 418 g/mol. The Hall–Kier alpha value is -3.81. The number of hydrogen-bond donors (Lipinski definition) is 1. The third-order valence-electron chi connectivity index (χ3n) is 5.37. The molecule has 3 aromatic rings. The zero-order valence-corrected chi connectivity index (χ0v) is 17.1. The van der Waals surface area contributed by atoms with Crippen molar-refractivity contribution in [3.63, 3.8) is 0 Å². The van der Waals surface area contributed by atoms with Gasteiger partial charge in [0, 0.05) is 31.5 Å². The fourth-order valence-corrected chi connectivity index (χ4v) is 3.62. The number of fused-ring (bicyclic) bond motifs is 1. The number of para-hydroxylation sites is 1. The van der Waals surface area contributed by atoms with Crippen LogP contribution in [0.25, 0.3) is 10.9 Å². The minimum atomic E-state index is -0.228. The number of hydrogen-bond acceptors (Lipinski definition) is 5. The lowest BCUT2D eigenvalue weighted by Crippen LogP contribution is -2.28. The highest BCUT2D eigenvalue weighted by Crippen LogP contribution is 2.17. The molecule has 8 heteroatoms. The van der Waals surface area contributed by atoms with E-state index in [-0.39, 0.29) is 55.6 Å². The molecule has 1 N–H and O–H groups in total. The SMILES string of the molecule is Cc1cccc2c(=O)n(CCC(=O)Nc3ccc(CN4C(=O)CCC4=O)cc3)cnc12. The van der Waals surface area contributed by atoms with Crippen molar-refractivity contribution in [3.05, 3.63) is 70.3 Å². The molecule has 3 amide bonds. The standard InChI is InChI=1S/C23H22N4O4/c1-15-3-2-4-18-22(15)24-14-26(23(18)31)12-11-19(28)25-17-7-5-16(6-8-17)13-27-20(29)9-10-21(27)30/h2-8,14H,9-13H2,1H3,(H,25,28). The van der Waals surface area contributed by atoms with E-state index >= 15 is 0 Å². The van der Waals surface area contributed by atoms with Crippen LogP contribution in [0.3, 0.4) is 0 Å². The molecule has 1 fully saturated rings. The number of imide groups is 1. The molecule has 0 bridgehead atoms. The predicted octanol–water partition coefficient (Wildman–Crippen LogP) is 2.38. The van der Waals surface area contributed by atoms with Gasteiger partial charge in [-0.1, -0.05) is 24.3 Å². The molecule has 1 aromatic heterocycles. The Morgan fingerprint density at radius 2 is 1.74 bits per heavy atom. The van der Waals surface area contributed by atoms with Gasteiger partial charge >= 0.3 is 0 Å². The number of carbonyl (C=O) groups excluding carboxylic acids is 3. The highest BCUT2D eigenvalue weighted by Gasteiger charge is 2.28. The fourth-order valence-electron chi connectivity index (χ4n) is 3.62. The van der Waals surface area contributed by atoms with E-state index in [1.165, 1.54) is 15.8 Å². The van der Waals surface area contributed by atoms with E-state index in [1.54, 1.807) is 30.3 Å². The quantitative estimate of drug-likeness (QED) is 0.620. The highest BCUT2D eigenvalue weighted by molar-refractivity contribution is 6.01. The smallest absolute Gasteiger partial charge is 0.261 e. The third-order valence-corrected chi connectivity index (χ3v) is 5.37. The van der Waals surface area contributed by atoms with E-state index in [2.05, 4.69) is 10.3 Å². The molecule has 1 saturated heterocycles. The summed E-state index contributed by atoms with van der Waals surface area (Å²) in [7, 11) is 0. The highest BCUT2D eigenvalue weighted by atomic mass is 16.2. The van der Waals surface area contributed by atoms with Crippen molar-refractivity contribution >= 4 is 34.3 Å². The van der Waals surface area contributed by atoms with Gasteiger partial charge in [-0.15, -0.1) is 0 Å². The van der Waals surface area contributed by atoms with Crippen LogP contribution >= 0.6 is 0 Å². The number of aryl methyl sites for hydroxylation is 2. The average Bonchev–Trinajstić information content (AvgIpc) is 3.07. The number of amides is 3. The van der Waals surface area contributed by atoms with Gasteiger partial charge in [-0.05, 0) is 36.2 Å². The van der Waals surface area contributed by atoms with Gasteiger partial charge in [0.15, 0.2) is 0 Å². The van der Waals surface area contributed by atoms with E-state index in [9.17, 15) is 19.2 Å². The zero-order valence-electron chi connectivity index (χ0n) is 17.1. The first-order valence-corrected chi connectivity index (χ1v) is 10.1. The molecule has 0 atom stereocenters. The maximum atomic E-state index is 12.6. The second kappa shape index (κ2) is 8.51. The van der Waals surface area contributed by atoms with Gasteiger partial charge in [0.2, 0.25) is 17.7 Å². The summed E-state index contributed by atoms with van der Waals surface area (Å²) in [6.45, 7) is 2.36. The number of rotatable bonds is 6. The molecule has 0 spiro atoms. The summed E-state index contributed by atoms with van der Waals surface area (Å²) in [4.78, 5) is 54.0. The molecular formula is C23H22N4O4. The maximum absolute atomic E-state index is 12.6. The molecule has 0 aliphatic carbocycles. The Balaban J connectivity index is 1.35. The molecule has 2 heterocycles. The summed E-state index contributed by atoms with van der Waals surface area (Å²) in [6, 6.07) is 12.5. The van der Waals surface area contributed by atoms with Crippen LogP contribution in [0.1, 0.15) is 30.4 Å². The first kappa shape index (κ1) is 20.5. The van der Waals surface area contributed by atoms with Gasteiger partial charge < -0.3 is 5.32 Å². The molecule has 0 saturated carbocycles. The van der Waals surface area contributed by atoms with Crippen molar-refractivity contribution in [1.29, 1.82) is 0 Å². The van der Waals surface area contributed by atoms with Crippen molar-refractivity contribution in [2.24, 2.45) is 0 Å². The predicted molar refractivity (Wildman–Crippen MR) is 115 cm³/mol. The van der Waals surface area contributed by atoms with Crippen LogP contribution in [-0.2, 0) is 27.5 Å². The van der Waals surface area contributed by atoms with Crippen LogP contribution in [0.15, 0.2) is 53.6 Å². The minimum Gasteiger partial charge on any atom is -0.326 e. The van der Waals surface area contributed by atoms with E-state index in [0.717, 1.165) is 11.1 Å². The van der Waals surface area contributed by atoms with Crippen molar-refractivity contribution in [2.45, 2.75) is 39.3 Å². The number of nitrogens with one attached hydrogen (secondary N) is 1. The number of likely N-dealkylation sites (tertiary alicyclic amines) is 1. The first-order valence-electron chi connectivity index (χ1n) is 10.1. The summed E-state index contributed by atoms with van der Waals surface area (Å²) >= 11 is 0. The van der Waals surface area contributed by atoms with Crippen LogP contribution in [-0.4, -0.2) is 32.2 Å². The van der Waals surface area contributed by atoms with E-state index in [1.807, 2.05) is 19.1 Å². The summed E-state index contributed by atoms with van der Waals surface area (Å²) < 4.78 is 1.44. The van der Waals surface area contributed by atoms with Crippen molar-refractivity contribution in [1.82, 2.24) is 14.5 Å². The average molecular weight is 418 g/mol. The summed E-state index contributed by atoms with van der Waals surface area (Å²) in [5.41, 5.74) is 2.85. The van der Waals surface area contributed by atoms with Crippen molar-refractivity contribution in [2.75, 3.05) is 5.32 Å². The molecule has 0 unspecified atom stereocenters. The first-order chi connectivity index (χ1) is 14.9. The lowest BCUT2D eigenvalue weighted by Gasteiger charge is -2.14. The molecule has 158 valence electrons. The van der Waals surface area contributed by atoms with E-state index in [0.29, 0.717) is 16.6 Å². The topological polar surface area (TPSA) is 101 Å². The van der Waals surface area contributed by atoms with Gasteiger partial charge in [0.05, 0.1) is 23.8 Å². The Kier molecular flexibility index (Phi) is 5.62. The normalized spacial score (nSPS) is 13.8. The zero-order chi connectivity index (χ0) is 22.0. The lowest BCUT2D eigenvalue weighted by atomic mass is 10.1. The number of anilines is 1. The summed E-state index contributed by atoms with van der Waals surface area (Å²) in [5.74, 6) is -0.541. The largest absolute Gasteiger partial charge is 0.326 e. The Morgan fingerprint density at radius 1 is 1.03 bits per heavy atom. The molecule has 2 aromatic carbocycles. The van der Waals surface area contributed by atoms with E-state index < -0.39 is 0 Å². The summed E-state index contributed by atoms with van der Waals surface area (Å²) in [5, 5.41) is 3.33. The maximum Gasteiger partial charge on any atom is 0.261 e. The van der Waals surface area contributed by atoms with E-state index in [4.69, 9.17) is 0 Å². The molecule has 8 nitrogen and oxygen atoms in total. The van der Waals surface area contributed by atoms with Crippen LogP contribution < -0.4 is 10.9 Å². The number of aromatic nitrogens is 2. The van der Waals surface area contributed by atoms with Crippen molar-refractivity contribution in [3.8, 4) is 0 Å². The number of nitrogens with zero attached hydrogens (tertiary/aromatic N) is 3. The molecule has 31 heavy (non-hydrogen) atoms. The Labute approximate surface area is 178 Å². The fraction of sp³-hybridized carbons (Fsp3) is 0.261. The summed E-state index contributed by atoms with van der Waals surface area (Å²) in [6.07, 6.45) is 2.13. The van der Waals surface area contributed by atoms with Gasteiger partial charge in [-0.25, -0.2) is 4.98 Å². The van der Waals surface area contributed by atoms with Gasteiger partial charge in [-0.2, -0.15) is 0 Å². The number of carbonyl (C=O) groups is 3. The Bertz CT molecular complexity index is 1210. The van der Waals surface area contributed by atoms with Crippen LogP contribution in [0.2, 0.25) is 0 Å². The third kappa shape index (κ3) is 4.37. The van der Waals surface area contributed by atoms with Gasteiger partial charge in [0.25, 0.3) is 5.56 Å². The molecular weight excluding hydrogens is 396 g/mol. The van der Waals surface area contributed by atoms with Gasteiger partial charge in [-0.3, -0.25) is 28.6 Å². The van der Waals surface area contributed by atoms with Crippen LogP contribution in [0.5, 0.6) is 0 Å². The molecule has 4 rings (SSSR count). The van der Waals surface area contributed by atoms with Crippen LogP contribution in [0, 0.1) is 6.92 Å². The van der Waals surface area contributed by atoms with Crippen LogP contribution in [0.4, 0.5) is 5.69 Å². The molecule has 1 aliphatic heterocycles.